The molecular formula is C17H23N5OS. The van der Waals surface area contributed by atoms with Crippen molar-refractivity contribution in [3.05, 3.63) is 34.5 Å². The zero-order valence-corrected chi connectivity index (χ0v) is 14.8. The molecule has 0 unspecified atom stereocenters. The van der Waals surface area contributed by atoms with E-state index in [2.05, 4.69) is 37.1 Å². The van der Waals surface area contributed by atoms with Crippen LogP contribution in [0.1, 0.15) is 23.5 Å². The van der Waals surface area contributed by atoms with Crippen LogP contribution in [-0.4, -0.2) is 58.2 Å². The molecule has 0 aliphatic carbocycles. The zero-order chi connectivity index (χ0) is 16.4. The lowest BCUT2D eigenvalue weighted by Gasteiger charge is -2.48. The summed E-state index contributed by atoms with van der Waals surface area (Å²) >= 11 is 1.72. The van der Waals surface area contributed by atoms with E-state index in [1.54, 1.807) is 11.3 Å². The number of anilines is 1. The van der Waals surface area contributed by atoms with Crippen LogP contribution in [0.3, 0.4) is 0 Å². The summed E-state index contributed by atoms with van der Waals surface area (Å²) in [5.74, 6) is 0.812. The Morgan fingerprint density at radius 3 is 2.92 bits per heavy atom. The number of ether oxygens (including phenoxy) is 1. The Morgan fingerprint density at radius 2 is 2.12 bits per heavy atom. The molecule has 2 saturated heterocycles. The van der Waals surface area contributed by atoms with E-state index in [4.69, 9.17) is 4.74 Å². The molecule has 2 fully saturated rings. The Balaban J connectivity index is 1.45. The second-order valence-corrected chi connectivity index (χ2v) is 7.74. The molecular weight excluding hydrogens is 322 g/mol. The van der Waals surface area contributed by atoms with Crippen LogP contribution < -0.4 is 4.90 Å². The molecule has 0 radical (unpaired) electrons. The number of nitrogens with zero attached hydrogens (tertiary/aromatic N) is 5. The first kappa shape index (κ1) is 15.9. The second kappa shape index (κ2) is 6.74. The predicted molar refractivity (Wildman–Crippen MR) is 94.3 cm³/mol. The van der Waals surface area contributed by atoms with Gasteiger partial charge in [-0.3, -0.25) is 4.90 Å². The lowest BCUT2D eigenvalue weighted by atomic mass is 9.90. The molecule has 0 bridgehead atoms. The average Bonchev–Trinajstić information content (AvgIpc) is 3.01. The summed E-state index contributed by atoms with van der Waals surface area (Å²) in [5.41, 5.74) is 1.06. The molecule has 24 heavy (non-hydrogen) atoms. The summed E-state index contributed by atoms with van der Waals surface area (Å²) in [7, 11) is 0. The van der Waals surface area contributed by atoms with Gasteiger partial charge in [-0.2, -0.15) is 0 Å². The Bertz CT molecular complexity index is 675. The number of aromatic nitrogens is 3. The van der Waals surface area contributed by atoms with Crippen molar-refractivity contribution in [3.63, 3.8) is 0 Å². The number of thiazole rings is 1. The Morgan fingerprint density at radius 1 is 1.25 bits per heavy atom. The van der Waals surface area contributed by atoms with Crippen LogP contribution in [0.25, 0.3) is 0 Å². The van der Waals surface area contributed by atoms with E-state index in [0.29, 0.717) is 0 Å². The fourth-order valence-electron chi connectivity index (χ4n) is 3.75. The highest BCUT2D eigenvalue weighted by atomic mass is 32.1. The minimum Gasteiger partial charge on any atom is -0.370 e. The van der Waals surface area contributed by atoms with E-state index >= 15 is 0 Å². The van der Waals surface area contributed by atoms with Gasteiger partial charge in [-0.25, -0.2) is 15.0 Å². The first-order chi connectivity index (χ1) is 11.7. The normalized spacial score (nSPS) is 25.3. The maximum atomic E-state index is 6.27. The Labute approximate surface area is 146 Å². The number of hydrogen-bond donors (Lipinski definition) is 0. The van der Waals surface area contributed by atoms with Crippen molar-refractivity contribution in [2.45, 2.75) is 31.9 Å². The van der Waals surface area contributed by atoms with Gasteiger partial charge in [0.05, 0.1) is 29.5 Å². The van der Waals surface area contributed by atoms with Crippen LogP contribution in [0.2, 0.25) is 0 Å². The standard InChI is InChI=1S/C17H23N5OS/c1-14-20-15(11-24-14)10-21-7-2-4-17(12-21)13-22(8-9-23-17)16-18-5-3-6-19-16/h3,5-6,11H,2,4,7-10,12-13H2,1H3/t17-/m1/s1. The number of morpholine rings is 1. The van der Waals surface area contributed by atoms with Gasteiger partial charge in [0, 0.05) is 37.4 Å². The summed E-state index contributed by atoms with van der Waals surface area (Å²) in [6, 6.07) is 1.86. The van der Waals surface area contributed by atoms with Crippen molar-refractivity contribution >= 4 is 17.3 Å². The van der Waals surface area contributed by atoms with Gasteiger partial charge in [-0.05, 0) is 32.4 Å². The molecule has 2 aliphatic rings. The number of likely N-dealkylation sites (tertiary alicyclic amines) is 1. The van der Waals surface area contributed by atoms with Crippen LogP contribution in [0.4, 0.5) is 5.95 Å². The smallest absolute Gasteiger partial charge is 0.225 e. The molecule has 0 amide bonds. The van der Waals surface area contributed by atoms with Crippen molar-refractivity contribution in [2.75, 3.05) is 37.7 Å². The molecule has 128 valence electrons. The third-order valence-corrected chi connectivity index (χ3v) is 5.58. The van der Waals surface area contributed by atoms with Gasteiger partial charge in [-0.15, -0.1) is 11.3 Å². The average molecular weight is 345 g/mol. The molecule has 2 aromatic rings. The van der Waals surface area contributed by atoms with Gasteiger partial charge in [0.25, 0.3) is 0 Å². The number of aryl methyl sites for hydroxylation is 1. The van der Waals surface area contributed by atoms with Crippen LogP contribution >= 0.6 is 11.3 Å². The van der Waals surface area contributed by atoms with Crippen molar-refractivity contribution in [1.82, 2.24) is 19.9 Å². The van der Waals surface area contributed by atoms with Crippen molar-refractivity contribution in [2.24, 2.45) is 0 Å². The Kier molecular flexibility index (Phi) is 4.47. The highest BCUT2D eigenvalue weighted by Gasteiger charge is 2.41. The van der Waals surface area contributed by atoms with E-state index in [1.807, 2.05) is 18.5 Å². The third-order valence-electron chi connectivity index (χ3n) is 4.75. The van der Waals surface area contributed by atoms with E-state index < -0.39 is 0 Å². The lowest BCUT2D eigenvalue weighted by molar-refractivity contribution is -0.0989. The van der Waals surface area contributed by atoms with E-state index in [1.165, 1.54) is 5.69 Å². The number of hydrogen-bond acceptors (Lipinski definition) is 7. The topological polar surface area (TPSA) is 54.4 Å². The third kappa shape index (κ3) is 3.43. The first-order valence-electron chi connectivity index (χ1n) is 8.52. The Hall–Kier alpha value is -1.57. The molecule has 6 nitrogen and oxygen atoms in total. The van der Waals surface area contributed by atoms with Crippen LogP contribution in [0.5, 0.6) is 0 Å². The van der Waals surface area contributed by atoms with Gasteiger partial charge >= 0.3 is 0 Å². The largest absolute Gasteiger partial charge is 0.370 e. The number of piperidine rings is 1. The summed E-state index contributed by atoms with van der Waals surface area (Å²) < 4.78 is 6.27. The van der Waals surface area contributed by atoms with Gasteiger partial charge in [0.1, 0.15) is 0 Å². The summed E-state index contributed by atoms with van der Waals surface area (Å²) in [6.45, 7) is 7.50. The second-order valence-electron chi connectivity index (χ2n) is 6.67. The van der Waals surface area contributed by atoms with E-state index in [9.17, 15) is 0 Å². The highest BCUT2D eigenvalue weighted by Crippen LogP contribution is 2.31. The molecule has 0 aromatic carbocycles. The maximum absolute atomic E-state index is 6.27. The lowest BCUT2D eigenvalue weighted by Crippen LogP contribution is -2.60. The highest BCUT2D eigenvalue weighted by molar-refractivity contribution is 7.09. The van der Waals surface area contributed by atoms with Crippen LogP contribution in [0, 0.1) is 6.92 Å². The van der Waals surface area contributed by atoms with Gasteiger partial charge in [0.15, 0.2) is 0 Å². The summed E-state index contributed by atoms with van der Waals surface area (Å²) in [6.07, 6.45) is 5.87. The molecule has 2 aliphatic heterocycles. The fourth-order valence-corrected chi connectivity index (χ4v) is 4.36. The monoisotopic (exact) mass is 345 g/mol. The van der Waals surface area contributed by atoms with Crippen LogP contribution in [-0.2, 0) is 11.3 Å². The minimum absolute atomic E-state index is 0.110. The number of rotatable bonds is 3. The van der Waals surface area contributed by atoms with Crippen molar-refractivity contribution in [1.29, 1.82) is 0 Å². The van der Waals surface area contributed by atoms with E-state index in [0.717, 1.165) is 63.1 Å². The zero-order valence-electron chi connectivity index (χ0n) is 14.0. The van der Waals surface area contributed by atoms with Crippen LogP contribution in [0.15, 0.2) is 23.8 Å². The molecule has 2 aromatic heterocycles. The molecule has 4 rings (SSSR count). The van der Waals surface area contributed by atoms with Gasteiger partial charge < -0.3 is 9.64 Å². The first-order valence-corrected chi connectivity index (χ1v) is 9.40. The molecule has 7 heteroatoms. The molecule has 4 heterocycles. The fraction of sp³-hybridized carbons (Fsp3) is 0.588. The quantitative estimate of drug-likeness (QED) is 0.849. The van der Waals surface area contributed by atoms with Crippen molar-refractivity contribution in [3.8, 4) is 0 Å². The molecule has 1 spiro atoms. The van der Waals surface area contributed by atoms with Gasteiger partial charge in [-0.1, -0.05) is 0 Å². The molecule has 1 atom stereocenters. The molecule has 0 saturated carbocycles. The SMILES string of the molecule is Cc1nc(CN2CCC[C@@]3(C2)CN(c2ncccn2)CCO3)cs1. The maximum Gasteiger partial charge on any atom is 0.225 e. The summed E-state index contributed by atoms with van der Waals surface area (Å²) in [4.78, 5) is 18.2. The summed E-state index contributed by atoms with van der Waals surface area (Å²) in [5, 5.41) is 3.31. The van der Waals surface area contributed by atoms with Crippen molar-refractivity contribution < 1.29 is 4.74 Å². The predicted octanol–water partition coefficient (Wildman–Crippen LogP) is 2.11. The van der Waals surface area contributed by atoms with E-state index in [-0.39, 0.29) is 5.60 Å². The molecule has 0 N–H and O–H groups in total. The minimum atomic E-state index is -0.110. The van der Waals surface area contributed by atoms with Gasteiger partial charge in [0.2, 0.25) is 5.95 Å².